The lowest BCUT2D eigenvalue weighted by atomic mass is 9.66. The normalized spacial score (nSPS) is 19.3. The molecule has 4 rings (SSSR count). The monoisotopic (exact) mass is 535 g/mol. The zero-order chi connectivity index (χ0) is 27.7. The van der Waals surface area contributed by atoms with Crippen molar-refractivity contribution in [1.82, 2.24) is 14.9 Å². The first-order chi connectivity index (χ1) is 18.9. The van der Waals surface area contributed by atoms with Gasteiger partial charge in [0.25, 0.3) is 0 Å². The van der Waals surface area contributed by atoms with Gasteiger partial charge in [-0.3, -0.25) is 0 Å². The van der Waals surface area contributed by atoms with E-state index in [4.69, 9.17) is 0 Å². The topological polar surface area (TPSA) is 52.1 Å². The van der Waals surface area contributed by atoms with E-state index in [1.165, 1.54) is 57.8 Å². The van der Waals surface area contributed by atoms with Crippen LogP contribution in [0.4, 0.5) is 4.39 Å². The van der Waals surface area contributed by atoms with Gasteiger partial charge in [0.05, 0.1) is 16.6 Å². The molecule has 1 aliphatic rings. The van der Waals surface area contributed by atoms with Gasteiger partial charge in [0.15, 0.2) is 0 Å². The fourth-order valence-corrected chi connectivity index (χ4v) is 6.68. The third kappa shape index (κ3) is 8.38. The summed E-state index contributed by atoms with van der Waals surface area (Å²) in [7, 11) is 2.19. The highest BCUT2D eigenvalue weighted by atomic mass is 19.1. The van der Waals surface area contributed by atoms with E-state index in [1.807, 2.05) is 12.1 Å². The van der Waals surface area contributed by atoms with Crippen molar-refractivity contribution in [3.05, 3.63) is 65.2 Å². The van der Waals surface area contributed by atoms with Crippen LogP contribution in [0, 0.1) is 11.7 Å². The number of hydrogen-bond donors (Lipinski definition) is 2. The number of para-hydroxylation sites is 2. The number of nitrogens with zero attached hydrogens (tertiary/aromatic N) is 2. The molecule has 0 aliphatic heterocycles. The molecule has 0 bridgehead atoms. The van der Waals surface area contributed by atoms with E-state index in [-0.39, 0.29) is 11.7 Å². The van der Waals surface area contributed by atoms with Gasteiger partial charge in [-0.15, -0.1) is 0 Å². The van der Waals surface area contributed by atoms with E-state index in [1.54, 1.807) is 12.1 Å². The Bertz CT molecular complexity index is 1130. The van der Waals surface area contributed by atoms with Crippen LogP contribution in [0.1, 0.15) is 107 Å². The zero-order valence-electron chi connectivity index (χ0n) is 24.5. The van der Waals surface area contributed by atoms with Crippen LogP contribution in [0.5, 0.6) is 0 Å². The van der Waals surface area contributed by atoms with Gasteiger partial charge in [-0.25, -0.2) is 9.37 Å². The number of aromatic amines is 1. The standard InChI is InChI=1S/C34H50FN3O/c1-26(2)33-29-19-18-28(35)25-27(29)20-21-34(33,39)22-24-38(3)23-14-10-8-6-4-5-7-9-11-17-32-36-30-15-12-13-16-31(30)37-32/h12-13,15-16,18-19,25-26,33,39H,4-11,14,17,20-24H2,1-3H3,(H,36,37)/t33-,34-/m0/s1. The summed E-state index contributed by atoms with van der Waals surface area (Å²) >= 11 is 0. The number of imidazole rings is 1. The van der Waals surface area contributed by atoms with E-state index < -0.39 is 5.60 Å². The molecule has 0 unspecified atom stereocenters. The maximum absolute atomic E-state index is 13.8. The molecular formula is C34H50FN3O. The number of aliphatic hydroxyl groups is 1. The van der Waals surface area contributed by atoms with Crippen molar-refractivity contribution >= 4 is 11.0 Å². The van der Waals surface area contributed by atoms with Crippen LogP contribution in [-0.4, -0.2) is 45.7 Å². The molecule has 0 spiro atoms. The molecule has 0 saturated heterocycles. The summed E-state index contributed by atoms with van der Waals surface area (Å²) in [5.74, 6) is 1.34. The van der Waals surface area contributed by atoms with Gasteiger partial charge in [0.2, 0.25) is 0 Å². The predicted octanol–water partition coefficient (Wildman–Crippen LogP) is 8.19. The Hall–Kier alpha value is -2.24. The number of rotatable bonds is 16. The van der Waals surface area contributed by atoms with E-state index in [0.29, 0.717) is 5.92 Å². The lowest BCUT2D eigenvalue weighted by molar-refractivity contribution is -0.0301. The molecule has 2 N–H and O–H groups in total. The fraction of sp³-hybridized carbons (Fsp3) is 0.618. The molecule has 3 aromatic rings. The van der Waals surface area contributed by atoms with E-state index in [0.717, 1.165) is 66.8 Å². The molecule has 1 heterocycles. The molecule has 2 atom stereocenters. The number of unbranched alkanes of at least 4 members (excludes halogenated alkanes) is 8. The van der Waals surface area contributed by atoms with Crippen LogP contribution in [0.3, 0.4) is 0 Å². The third-order valence-electron chi connectivity index (χ3n) is 8.83. The maximum atomic E-state index is 13.8. The Balaban J connectivity index is 1.03. The van der Waals surface area contributed by atoms with Crippen molar-refractivity contribution in [1.29, 1.82) is 0 Å². The number of fused-ring (bicyclic) bond motifs is 2. The van der Waals surface area contributed by atoms with Crippen molar-refractivity contribution in [2.75, 3.05) is 20.1 Å². The average Bonchev–Trinajstić information content (AvgIpc) is 3.33. The van der Waals surface area contributed by atoms with Crippen LogP contribution in [0.15, 0.2) is 42.5 Å². The maximum Gasteiger partial charge on any atom is 0.123 e. The number of nitrogens with one attached hydrogen (secondary N) is 1. The molecule has 0 radical (unpaired) electrons. The van der Waals surface area contributed by atoms with Gasteiger partial charge in [-0.1, -0.05) is 77.0 Å². The molecule has 4 nitrogen and oxygen atoms in total. The lowest BCUT2D eigenvalue weighted by Crippen LogP contribution is -2.45. The first-order valence-electron chi connectivity index (χ1n) is 15.5. The summed E-state index contributed by atoms with van der Waals surface area (Å²) in [4.78, 5) is 10.5. The van der Waals surface area contributed by atoms with E-state index in [2.05, 4.69) is 54.0 Å². The van der Waals surface area contributed by atoms with Crippen molar-refractivity contribution in [3.63, 3.8) is 0 Å². The lowest BCUT2D eigenvalue weighted by Gasteiger charge is -2.44. The first-order valence-corrected chi connectivity index (χ1v) is 15.5. The minimum absolute atomic E-state index is 0.0699. The highest BCUT2D eigenvalue weighted by molar-refractivity contribution is 5.74. The van der Waals surface area contributed by atoms with Gasteiger partial charge in [0, 0.05) is 18.9 Å². The summed E-state index contributed by atoms with van der Waals surface area (Å²) in [5, 5.41) is 11.7. The minimum Gasteiger partial charge on any atom is -0.389 e. The summed E-state index contributed by atoms with van der Waals surface area (Å²) in [6.07, 6.45) is 15.0. The van der Waals surface area contributed by atoms with Crippen LogP contribution >= 0.6 is 0 Å². The SMILES string of the molecule is CC(C)[C@H]1c2ccc(F)cc2CC[C@]1(O)CCN(C)CCCCCCCCCCCc1nc2ccccc2[nH]1. The molecule has 1 aliphatic carbocycles. The summed E-state index contributed by atoms with van der Waals surface area (Å²) in [6, 6.07) is 13.4. The minimum atomic E-state index is -0.709. The van der Waals surface area contributed by atoms with Gasteiger partial charge >= 0.3 is 0 Å². The van der Waals surface area contributed by atoms with Crippen LogP contribution in [0.2, 0.25) is 0 Å². The van der Waals surface area contributed by atoms with E-state index >= 15 is 0 Å². The predicted molar refractivity (Wildman–Crippen MR) is 161 cm³/mol. The number of hydrogen-bond acceptors (Lipinski definition) is 3. The highest BCUT2D eigenvalue weighted by Gasteiger charge is 2.43. The second-order valence-corrected chi connectivity index (χ2v) is 12.4. The molecule has 214 valence electrons. The Morgan fingerprint density at radius 1 is 0.974 bits per heavy atom. The van der Waals surface area contributed by atoms with Crippen molar-refractivity contribution < 1.29 is 9.50 Å². The number of halogens is 1. The number of aromatic nitrogens is 2. The van der Waals surface area contributed by atoms with Crippen LogP contribution in [0.25, 0.3) is 11.0 Å². The summed E-state index contributed by atoms with van der Waals surface area (Å²) < 4.78 is 13.8. The second-order valence-electron chi connectivity index (χ2n) is 12.4. The molecule has 39 heavy (non-hydrogen) atoms. The van der Waals surface area contributed by atoms with Gasteiger partial charge in [0.1, 0.15) is 11.6 Å². The third-order valence-corrected chi connectivity index (χ3v) is 8.83. The quantitative estimate of drug-likeness (QED) is 0.182. The van der Waals surface area contributed by atoms with Crippen LogP contribution < -0.4 is 0 Å². The van der Waals surface area contributed by atoms with Crippen molar-refractivity contribution in [2.45, 2.75) is 109 Å². The molecular weight excluding hydrogens is 485 g/mol. The molecule has 2 aromatic carbocycles. The van der Waals surface area contributed by atoms with Crippen molar-refractivity contribution in [3.8, 4) is 0 Å². The Labute approximate surface area is 235 Å². The Morgan fingerprint density at radius 3 is 2.38 bits per heavy atom. The first kappa shape index (κ1) is 29.7. The summed E-state index contributed by atoms with van der Waals surface area (Å²) in [5.41, 5.74) is 3.73. The highest BCUT2D eigenvalue weighted by Crippen LogP contribution is 2.45. The van der Waals surface area contributed by atoms with E-state index in [9.17, 15) is 9.50 Å². The number of aryl methyl sites for hydroxylation is 2. The van der Waals surface area contributed by atoms with Gasteiger partial charge in [-0.2, -0.15) is 0 Å². The second kappa shape index (κ2) is 14.4. The largest absolute Gasteiger partial charge is 0.389 e. The Morgan fingerprint density at radius 2 is 1.67 bits per heavy atom. The van der Waals surface area contributed by atoms with Crippen molar-refractivity contribution in [2.24, 2.45) is 5.92 Å². The van der Waals surface area contributed by atoms with Gasteiger partial charge in [-0.05, 0) is 87.0 Å². The molecule has 0 fully saturated rings. The average molecular weight is 536 g/mol. The number of benzene rings is 2. The van der Waals surface area contributed by atoms with Crippen LogP contribution in [-0.2, 0) is 12.8 Å². The fourth-order valence-electron chi connectivity index (χ4n) is 6.68. The smallest absolute Gasteiger partial charge is 0.123 e. The number of H-pyrrole nitrogens is 1. The Kier molecular flexibility index (Phi) is 11.0. The molecule has 0 amide bonds. The zero-order valence-corrected chi connectivity index (χ0v) is 24.5. The van der Waals surface area contributed by atoms with Gasteiger partial charge < -0.3 is 15.0 Å². The summed E-state index contributed by atoms with van der Waals surface area (Å²) in [6.45, 7) is 6.36. The molecule has 5 heteroatoms. The molecule has 1 aromatic heterocycles. The molecule has 0 saturated carbocycles.